The topological polar surface area (TPSA) is 61.9 Å². The summed E-state index contributed by atoms with van der Waals surface area (Å²) in [7, 11) is 0. The normalized spacial score (nSPS) is 24.0. The van der Waals surface area contributed by atoms with E-state index < -0.39 is 5.91 Å². The van der Waals surface area contributed by atoms with Crippen LogP contribution in [0.1, 0.15) is 45.6 Å². The highest BCUT2D eigenvalue weighted by molar-refractivity contribution is 6.46. The lowest BCUT2D eigenvalue weighted by Crippen LogP contribution is -2.55. The third kappa shape index (κ3) is 4.14. The van der Waals surface area contributed by atoms with Crippen molar-refractivity contribution < 1.29 is 4.79 Å². The number of hydrogen-bond acceptors (Lipinski definition) is 4. The molecule has 0 radical (unpaired) electrons. The Morgan fingerprint density at radius 2 is 1.79 bits per heavy atom. The Morgan fingerprint density at radius 3 is 2.39 bits per heavy atom. The molecule has 1 fully saturated rings. The molecule has 1 aromatic carbocycles. The van der Waals surface area contributed by atoms with E-state index in [1.54, 1.807) is 0 Å². The first-order valence-corrected chi connectivity index (χ1v) is 10.8. The van der Waals surface area contributed by atoms with E-state index in [1.165, 1.54) is 19.4 Å². The first-order chi connectivity index (χ1) is 13.5. The number of piperazine rings is 1. The highest BCUT2D eigenvalue weighted by Gasteiger charge is 2.46. The van der Waals surface area contributed by atoms with Crippen molar-refractivity contribution in [3.05, 3.63) is 29.8 Å². The number of primary amides is 1. The molecule has 1 amide bonds. The summed E-state index contributed by atoms with van der Waals surface area (Å²) in [5.41, 5.74) is 8.12. The summed E-state index contributed by atoms with van der Waals surface area (Å²) >= 11 is 0. The van der Waals surface area contributed by atoms with Crippen LogP contribution < -0.4 is 10.3 Å². The SMILES string of the molecule is CCCCN1CCN(CC[N+]2(C(C)CC)N=C(C(N)=O)c3ccccc32)CC1. The maximum Gasteiger partial charge on any atom is 0.273 e. The minimum Gasteiger partial charge on any atom is -0.364 e. The second kappa shape index (κ2) is 9.16. The van der Waals surface area contributed by atoms with Crippen LogP contribution >= 0.6 is 0 Å². The average Bonchev–Trinajstić information content (AvgIpc) is 3.07. The molecule has 0 aromatic heterocycles. The quantitative estimate of drug-likeness (QED) is 0.663. The highest BCUT2D eigenvalue weighted by Crippen LogP contribution is 2.38. The van der Waals surface area contributed by atoms with Crippen molar-refractivity contribution in [3.63, 3.8) is 0 Å². The van der Waals surface area contributed by atoms with Crippen molar-refractivity contribution in [1.29, 1.82) is 0 Å². The van der Waals surface area contributed by atoms with E-state index in [9.17, 15) is 4.79 Å². The summed E-state index contributed by atoms with van der Waals surface area (Å²) in [6.07, 6.45) is 3.54. The molecule has 3 rings (SSSR count). The van der Waals surface area contributed by atoms with Gasteiger partial charge in [0.1, 0.15) is 12.6 Å². The van der Waals surface area contributed by atoms with Gasteiger partial charge in [0.25, 0.3) is 5.91 Å². The zero-order valence-corrected chi connectivity index (χ0v) is 17.7. The fraction of sp³-hybridized carbons (Fsp3) is 0.636. The Labute approximate surface area is 169 Å². The molecule has 6 heteroatoms. The number of amides is 1. The first kappa shape index (κ1) is 21.0. The van der Waals surface area contributed by atoms with E-state index in [2.05, 4.69) is 36.6 Å². The Morgan fingerprint density at radius 1 is 1.14 bits per heavy atom. The van der Waals surface area contributed by atoms with Gasteiger partial charge in [-0.3, -0.25) is 9.69 Å². The van der Waals surface area contributed by atoms with Gasteiger partial charge < -0.3 is 10.6 Å². The van der Waals surface area contributed by atoms with Gasteiger partial charge in [0.15, 0.2) is 11.4 Å². The Balaban J connectivity index is 1.75. The lowest BCUT2D eigenvalue weighted by Gasteiger charge is -2.39. The van der Waals surface area contributed by atoms with Gasteiger partial charge in [-0.2, -0.15) is 4.59 Å². The van der Waals surface area contributed by atoms with Crippen LogP contribution in [-0.2, 0) is 4.79 Å². The molecule has 2 heterocycles. The summed E-state index contributed by atoms with van der Waals surface area (Å²) in [5, 5.41) is 4.94. The predicted octanol–water partition coefficient (Wildman–Crippen LogP) is 2.41. The summed E-state index contributed by atoms with van der Waals surface area (Å²) in [4.78, 5) is 17.2. The van der Waals surface area contributed by atoms with Crippen molar-refractivity contribution in [1.82, 2.24) is 14.4 Å². The van der Waals surface area contributed by atoms with Crippen molar-refractivity contribution in [2.24, 2.45) is 10.8 Å². The highest BCUT2D eigenvalue weighted by atomic mass is 16.1. The molecule has 2 atom stereocenters. The molecule has 2 aliphatic heterocycles. The number of nitrogens with two attached hydrogens (primary N) is 1. The maximum absolute atomic E-state index is 12.1. The molecule has 6 nitrogen and oxygen atoms in total. The van der Waals surface area contributed by atoms with E-state index in [0.717, 1.165) is 56.9 Å². The van der Waals surface area contributed by atoms with E-state index in [1.807, 2.05) is 18.2 Å². The third-order valence-corrected chi connectivity index (χ3v) is 6.46. The number of rotatable bonds is 9. The van der Waals surface area contributed by atoms with Crippen LogP contribution in [0.3, 0.4) is 0 Å². The van der Waals surface area contributed by atoms with Gasteiger partial charge in [0, 0.05) is 32.2 Å². The van der Waals surface area contributed by atoms with Gasteiger partial charge in [-0.05, 0) is 32.4 Å². The summed E-state index contributed by atoms with van der Waals surface area (Å²) in [5.74, 6) is -0.430. The molecule has 1 aromatic rings. The van der Waals surface area contributed by atoms with Crippen molar-refractivity contribution in [3.8, 4) is 0 Å². The molecule has 0 saturated carbocycles. The Hall–Kier alpha value is -1.76. The molecule has 0 aliphatic carbocycles. The number of nitrogens with zero attached hydrogens (tertiary/aromatic N) is 4. The summed E-state index contributed by atoms with van der Waals surface area (Å²) < 4.78 is 0.487. The predicted molar refractivity (Wildman–Crippen MR) is 116 cm³/mol. The molecular weight excluding hydrogens is 350 g/mol. The molecule has 28 heavy (non-hydrogen) atoms. The molecule has 154 valence electrons. The lowest BCUT2D eigenvalue weighted by atomic mass is 10.1. The number of fused-ring (bicyclic) bond motifs is 1. The van der Waals surface area contributed by atoms with Gasteiger partial charge in [-0.25, -0.2) is 0 Å². The molecule has 2 N–H and O–H groups in total. The van der Waals surface area contributed by atoms with E-state index in [4.69, 9.17) is 10.8 Å². The van der Waals surface area contributed by atoms with Gasteiger partial charge in [-0.15, -0.1) is 0 Å². The van der Waals surface area contributed by atoms with E-state index >= 15 is 0 Å². The van der Waals surface area contributed by atoms with Crippen LogP contribution in [0.5, 0.6) is 0 Å². The summed E-state index contributed by atoms with van der Waals surface area (Å²) in [6, 6.07) is 8.39. The van der Waals surface area contributed by atoms with Crippen LogP contribution in [0.25, 0.3) is 0 Å². The number of hydrogen-bond donors (Lipinski definition) is 1. The minimum atomic E-state index is -0.430. The number of benzene rings is 1. The van der Waals surface area contributed by atoms with Crippen LogP contribution in [0.15, 0.2) is 29.4 Å². The average molecular weight is 387 g/mol. The number of unbranched alkanes of at least 4 members (excludes halogenated alkanes) is 1. The van der Waals surface area contributed by atoms with Crippen LogP contribution in [0.4, 0.5) is 5.69 Å². The zero-order chi connectivity index (χ0) is 20.1. The minimum absolute atomic E-state index is 0.295. The molecule has 2 unspecified atom stereocenters. The van der Waals surface area contributed by atoms with Crippen LogP contribution in [0.2, 0.25) is 0 Å². The smallest absolute Gasteiger partial charge is 0.273 e. The largest absolute Gasteiger partial charge is 0.364 e. The molecule has 1 saturated heterocycles. The zero-order valence-electron chi connectivity index (χ0n) is 17.7. The fourth-order valence-corrected chi connectivity index (χ4v) is 4.42. The number of carbonyl (C=O) groups excluding carboxylic acids is 1. The van der Waals surface area contributed by atoms with Gasteiger partial charge >= 0.3 is 0 Å². The Kier molecular flexibility index (Phi) is 6.86. The monoisotopic (exact) mass is 386 g/mol. The lowest BCUT2D eigenvalue weighted by molar-refractivity contribution is -0.112. The number of carbonyl (C=O) groups is 1. The molecule has 0 spiro atoms. The second-order valence-corrected chi connectivity index (χ2v) is 8.17. The summed E-state index contributed by atoms with van der Waals surface area (Å²) in [6.45, 7) is 14.3. The second-order valence-electron chi connectivity index (χ2n) is 8.17. The molecular formula is C22H36N5O+. The van der Waals surface area contributed by atoms with Gasteiger partial charge in [0.05, 0.1) is 12.1 Å². The van der Waals surface area contributed by atoms with Crippen molar-refractivity contribution in [2.75, 3.05) is 45.8 Å². The van der Waals surface area contributed by atoms with Crippen molar-refractivity contribution in [2.45, 2.75) is 46.1 Å². The number of para-hydroxylation sites is 1. The molecule has 0 bridgehead atoms. The third-order valence-electron chi connectivity index (χ3n) is 6.46. The molecule has 2 aliphatic rings. The maximum atomic E-state index is 12.1. The van der Waals surface area contributed by atoms with Gasteiger partial charge in [-0.1, -0.05) is 37.5 Å². The van der Waals surface area contributed by atoms with Gasteiger partial charge in [0.2, 0.25) is 0 Å². The first-order valence-electron chi connectivity index (χ1n) is 10.8. The standard InChI is InChI=1S/C22H35N5O/c1-4-6-11-25-12-14-26(15-13-25)16-17-27(18(3)5-2)20-10-8-7-9-19(20)21(24-27)22(23)28/h7-10,18H,4-6,11-17H2,1-3H3,(H-,23,28)/p+1. The van der Waals surface area contributed by atoms with E-state index in [-0.39, 0.29) is 0 Å². The van der Waals surface area contributed by atoms with Crippen LogP contribution in [0, 0.1) is 0 Å². The van der Waals surface area contributed by atoms with Crippen LogP contribution in [-0.4, -0.2) is 73.3 Å². The fourth-order valence-electron chi connectivity index (χ4n) is 4.42. The van der Waals surface area contributed by atoms with E-state index in [0.29, 0.717) is 16.3 Å². The Bertz CT molecular complexity index is 711. The van der Waals surface area contributed by atoms with Crippen molar-refractivity contribution >= 4 is 17.3 Å². The number of quaternary nitrogens is 1.